The van der Waals surface area contributed by atoms with Gasteiger partial charge in [-0.25, -0.2) is 9.67 Å². The van der Waals surface area contributed by atoms with Gasteiger partial charge in [-0.3, -0.25) is 19.3 Å². The largest absolute Gasteiger partial charge is 0.326 e. The summed E-state index contributed by atoms with van der Waals surface area (Å²) < 4.78 is 1.47. The van der Waals surface area contributed by atoms with Crippen LogP contribution in [0.4, 0.5) is 17.1 Å². The number of nitrogens with one attached hydrogen (secondary N) is 1. The van der Waals surface area contributed by atoms with Crippen molar-refractivity contribution in [2.24, 2.45) is 5.10 Å². The number of unbranched alkanes of at least 4 members (excludes halogenated alkanes) is 10. The highest BCUT2D eigenvalue weighted by molar-refractivity contribution is 6.43. The summed E-state index contributed by atoms with van der Waals surface area (Å²) in [6, 6.07) is 6.52. The Balaban J connectivity index is 1.56. The monoisotopic (exact) mass is 777 g/mol. The minimum absolute atomic E-state index is 0.00294. The summed E-state index contributed by atoms with van der Waals surface area (Å²) in [5.74, 6) is -0.149. The molecule has 14 heteroatoms. The third-order valence-electron chi connectivity index (χ3n) is 8.73. The quantitative estimate of drug-likeness (QED) is 0.129. The third-order valence-corrected chi connectivity index (χ3v) is 9.84. The molecule has 0 saturated heterocycles. The van der Waals surface area contributed by atoms with Crippen molar-refractivity contribution in [1.29, 1.82) is 0 Å². The SMILES string of the molecule is CCCCCCCCCCCCCC(=O)Nc1ccc(Cl)c(N(C(C)=O)C2=NN(c3c(Cl)cc(Cl)cc3Cl)C(=O)C2n2nc(CC)nc2CC)c1. The highest BCUT2D eigenvalue weighted by Crippen LogP contribution is 2.42. The number of amidine groups is 1. The first-order chi connectivity index (χ1) is 24.5. The molecule has 10 nitrogen and oxygen atoms in total. The van der Waals surface area contributed by atoms with Crippen molar-refractivity contribution < 1.29 is 14.4 Å². The van der Waals surface area contributed by atoms with Crippen LogP contribution in [0.15, 0.2) is 35.4 Å². The summed E-state index contributed by atoms with van der Waals surface area (Å²) in [5, 5.41) is 13.9. The van der Waals surface area contributed by atoms with E-state index in [9.17, 15) is 14.4 Å². The minimum atomic E-state index is -1.23. The molecule has 4 rings (SSSR count). The van der Waals surface area contributed by atoms with E-state index in [2.05, 4.69) is 27.4 Å². The average molecular weight is 780 g/mol. The van der Waals surface area contributed by atoms with Crippen molar-refractivity contribution in [3.63, 3.8) is 0 Å². The molecular formula is C37H47Cl4N7O3. The zero-order valence-electron chi connectivity index (χ0n) is 29.8. The van der Waals surface area contributed by atoms with Gasteiger partial charge < -0.3 is 5.32 Å². The summed E-state index contributed by atoms with van der Waals surface area (Å²) in [6.07, 6.45) is 14.5. The lowest BCUT2D eigenvalue weighted by Crippen LogP contribution is -2.42. The summed E-state index contributed by atoms with van der Waals surface area (Å²) in [6.45, 7) is 7.37. The fourth-order valence-corrected chi connectivity index (χ4v) is 7.28. The molecule has 1 unspecified atom stereocenters. The van der Waals surface area contributed by atoms with E-state index in [1.165, 1.54) is 80.0 Å². The van der Waals surface area contributed by atoms with Crippen LogP contribution in [0.2, 0.25) is 20.1 Å². The van der Waals surface area contributed by atoms with E-state index in [4.69, 9.17) is 46.4 Å². The number of hydrogen-bond donors (Lipinski definition) is 1. The van der Waals surface area contributed by atoms with Gasteiger partial charge in [-0.2, -0.15) is 10.1 Å². The maximum Gasteiger partial charge on any atom is 0.280 e. The number of amides is 3. The van der Waals surface area contributed by atoms with E-state index in [-0.39, 0.29) is 43.2 Å². The second-order valence-corrected chi connectivity index (χ2v) is 14.3. The first-order valence-electron chi connectivity index (χ1n) is 17.9. The molecule has 3 amide bonds. The van der Waals surface area contributed by atoms with Crippen LogP contribution in [-0.4, -0.2) is 38.3 Å². The smallest absolute Gasteiger partial charge is 0.280 e. The number of hydrazone groups is 1. The minimum Gasteiger partial charge on any atom is -0.326 e. The predicted molar refractivity (Wildman–Crippen MR) is 209 cm³/mol. The summed E-state index contributed by atoms with van der Waals surface area (Å²) >= 11 is 26.0. The highest BCUT2D eigenvalue weighted by Gasteiger charge is 2.46. The Morgan fingerprint density at radius 1 is 0.824 bits per heavy atom. The van der Waals surface area contributed by atoms with E-state index in [1.54, 1.807) is 18.2 Å². The molecule has 0 aliphatic carbocycles. The maximum absolute atomic E-state index is 14.3. The molecule has 1 aliphatic rings. The fourth-order valence-electron chi connectivity index (χ4n) is 6.10. The van der Waals surface area contributed by atoms with Gasteiger partial charge in [0.2, 0.25) is 11.8 Å². The normalized spacial score (nSPS) is 14.3. The highest BCUT2D eigenvalue weighted by atomic mass is 35.5. The van der Waals surface area contributed by atoms with Crippen LogP contribution in [0.1, 0.15) is 122 Å². The molecule has 0 radical (unpaired) electrons. The van der Waals surface area contributed by atoms with Crippen LogP contribution in [0.3, 0.4) is 0 Å². The molecule has 1 aromatic heterocycles. The van der Waals surface area contributed by atoms with Crippen molar-refractivity contribution in [2.45, 2.75) is 124 Å². The Morgan fingerprint density at radius 3 is 2.00 bits per heavy atom. The average Bonchev–Trinajstić information content (AvgIpc) is 3.64. The van der Waals surface area contributed by atoms with Crippen LogP contribution in [0.25, 0.3) is 0 Å². The van der Waals surface area contributed by atoms with E-state index in [1.807, 2.05) is 13.8 Å². The first-order valence-corrected chi connectivity index (χ1v) is 19.4. The second-order valence-electron chi connectivity index (χ2n) is 12.7. The Labute approximate surface area is 320 Å². The van der Waals surface area contributed by atoms with Crippen LogP contribution >= 0.6 is 46.4 Å². The molecule has 51 heavy (non-hydrogen) atoms. The predicted octanol–water partition coefficient (Wildman–Crippen LogP) is 10.6. The summed E-state index contributed by atoms with van der Waals surface area (Å²) in [4.78, 5) is 46.6. The van der Waals surface area contributed by atoms with Gasteiger partial charge in [0, 0.05) is 36.9 Å². The Bertz CT molecular complexity index is 1700. The zero-order valence-corrected chi connectivity index (χ0v) is 32.8. The van der Waals surface area contributed by atoms with E-state index in [0.29, 0.717) is 36.6 Å². The number of hydrogen-bond acceptors (Lipinski definition) is 6. The lowest BCUT2D eigenvalue weighted by atomic mass is 10.1. The van der Waals surface area contributed by atoms with Gasteiger partial charge in [0.05, 0.1) is 20.8 Å². The number of benzene rings is 2. The van der Waals surface area contributed by atoms with E-state index >= 15 is 0 Å². The molecule has 0 spiro atoms. The lowest BCUT2D eigenvalue weighted by molar-refractivity contribution is -0.119. The van der Waals surface area contributed by atoms with Crippen molar-refractivity contribution in [3.05, 3.63) is 62.1 Å². The van der Waals surface area contributed by atoms with Crippen molar-refractivity contribution in [2.75, 3.05) is 15.2 Å². The third kappa shape index (κ3) is 10.5. The number of anilines is 3. The van der Waals surface area contributed by atoms with E-state index in [0.717, 1.165) is 24.3 Å². The molecule has 1 atom stereocenters. The van der Waals surface area contributed by atoms with Crippen LogP contribution in [0, 0.1) is 0 Å². The number of halogens is 4. The number of rotatable bonds is 18. The molecule has 1 aliphatic heterocycles. The van der Waals surface area contributed by atoms with Gasteiger partial charge >= 0.3 is 0 Å². The fraction of sp³-hybridized carbons (Fsp3) is 0.514. The van der Waals surface area contributed by atoms with Gasteiger partial charge in [0.15, 0.2) is 17.7 Å². The molecule has 0 fully saturated rings. The maximum atomic E-state index is 14.3. The number of carbonyl (C=O) groups excluding carboxylic acids is 3. The topological polar surface area (TPSA) is 113 Å². The van der Waals surface area contributed by atoms with Gasteiger partial charge in [-0.15, -0.1) is 5.10 Å². The second kappa shape index (κ2) is 19.6. The number of carbonyl (C=O) groups is 3. The number of nitrogens with zero attached hydrogens (tertiary/aromatic N) is 6. The van der Waals surface area contributed by atoms with E-state index < -0.39 is 17.9 Å². The molecule has 0 bridgehead atoms. The molecule has 2 aromatic carbocycles. The Morgan fingerprint density at radius 2 is 1.43 bits per heavy atom. The molecule has 2 heterocycles. The Kier molecular flexibility index (Phi) is 15.6. The van der Waals surface area contributed by atoms with Crippen molar-refractivity contribution in [1.82, 2.24) is 14.8 Å². The molecule has 3 aromatic rings. The Hall–Kier alpha value is -3.18. The van der Waals surface area contributed by atoms with Crippen LogP contribution in [-0.2, 0) is 27.2 Å². The first kappa shape index (κ1) is 40.6. The zero-order chi connectivity index (χ0) is 37.1. The van der Waals surface area contributed by atoms with Crippen molar-refractivity contribution >= 4 is 87.0 Å². The van der Waals surface area contributed by atoms with Gasteiger partial charge in [-0.1, -0.05) is 131 Å². The molecular weight excluding hydrogens is 732 g/mol. The van der Waals surface area contributed by atoms with Crippen LogP contribution < -0.4 is 15.2 Å². The number of aromatic nitrogens is 3. The van der Waals surface area contributed by atoms with Crippen LogP contribution in [0.5, 0.6) is 0 Å². The lowest BCUT2D eigenvalue weighted by Gasteiger charge is -2.25. The number of aryl methyl sites for hydroxylation is 2. The van der Waals surface area contributed by atoms with Gasteiger partial charge in [0.1, 0.15) is 11.5 Å². The summed E-state index contributed by atoms with van der Waals surface area (Å²) in [7, 11) is 0. The van der Waals surface area contributed by atoms with Crippen molar-refractivity contribution in [3.8, 4) is 0 Å². The van der Waals surface area contributed by atoms with Gasteiger partial charge in [-0.05, 0) is 36.8 Å². The molecule has 1 N–H and O–H groups in total. The van der Waals surface area contributed by atoms with Gasteiger partial charge in [0.25, 0.3) is 5.91 Å². The molecule has 0 saturated carbocycles. The molecule has 276 valence electrons. The summed E-state index contributed by atoms with van der Waals surface area (Å²) in [5.41, 5.74) is 0.760. The standard InChI is InChI=1S/C37H47Cl4N7O3/c1-5-8-9-10-11-12-13-14-15-16-17-18-33(50)42-26-19-20-27(39)30(23-26)46(24(4)49)36-35(47-32(7-3)43-31(6-2)44-47)37(51)48(45-36)34-28(40)21-25(38)22-29(34)41/h19-23,35H,5-18H2,1-4H3,(H,42,50).